The number of thioether (sulfide) groups is 1. The SMILES string of the molecule is Cc1ccc(SCCC(=O)Nc2ccc(Cn3ccnc3C)cc2)cc1C. The van der Waals surface area contributed by atoms with Gasteiger partial charge in [-0.15, -0.1) is 11.8 Å². The van der Waals surface area contributed by atoms with E-state index in [4.69, 9.17) is 0 Å². The van der Waals surface area contributed by atoms with Gasteiger partial charge in [0.1, 0.15) is 5.82 Å². The number of nitrogens with zero attached hydrogens (tertiary/aromatic N) is 2. The smallest absolute Gasteiger partial charge is 0.225 e. The standard InChI is InChI=1S/C22H25N3OS/c1-16-4-9-21(14-17(16)2)27-13-10-22(26)24-20-7-5-19(6-8-20)15-25-12-11-23-18(25)3/h4-9,11-12,14H,10,13,15H2,1-3H3,(H,24,26). The third-order valence-corrected chi connectivity index (χ3v) is 5.59. The highest BCUT2D eigenvalue weighted by Crippen LogP contribution is 2.22. The van der Waals surface area contributed by atoms with Gasteiger partial charge in [0.05, 0.1) is 0 Å². The zero-order valence-corrected chi connectivity index (χ0v) is 16.8. The molecule has 0 aliphatic carbocycles. The van der Waals surface area contributed by atoms with Crippen molar-refractivity contribution in [1.29, 1.82) is 0 Å². The summed E-state index contributed by atoms with van der Waals surface area (Å²) in [5.74, 6) is 1.81. The van der Waals surface area contributed by atoms with E-state index in [0.29, 0.717) is 6.42 Å². The van der Waals surface area contributed by atoms with E-state index in [1.54, 1.807) is 18.0 Å². The summed E-state index contributed by atoms with van der Waals surface area (Å²) >= 11 is 1.72. The summed E-state index contributed by atoms with van der Waals surface area (Å²) in [6.07, 6.45) is 4.27. The number of benzene rings is 2. The van der Waals surface area contributed by atoms with E-state index in [0.717, 1.165) is 23.8 Å². The van der Waals surface area contributed by atoms with Crippen LogP contribution in [-0.4, -0.2) is 21.2 Å². The zero-order valence-electron chi connectivity index (χ0n) is 16.0. The number of amides is 1. The minimum atomic E-state index is 0.0459. The monoisotopic (exact) mass is 379 g/mol. The van der Waals surface area contributed by atoms with E-state index in [1.807, 2.05) is 37.4 Å². The molecule has 1 aromatic heterocycles. The Bertz CT molecular complexity index is 916. The lowest BCUT2D eigenvalue weighted by atomic mass is 10.1. The summed E-state index contributed by atoms with van der Waals surface area (Å²) in [5, 5.41) is 2.97. The van der Waals surface area contributed by atoms with Crippen molar-refractivity contribution < 1.29 is 4.79 Å². The van der Waals surface area contributed by atoms with Crippen molar-refractivity contribution in [3.8, 4) is 0 Å². The number of aryl methyl sites for hydroxylation is 3. The largest absolute Gasteiger partial charge is 0.331 e. The number of carbonyl (C=O) groups excluding carboxylic acids is 1. The van der Waals surface area contributed by atoms with Gasteiger partial charge in [-0.1, -0.05) is 18.2 Å². The molecule has 0 fully saturated rings. The van der Waals surface area contributed by atoms with Crippen LogP contribution in [0.4, 0.5) is 5.69 Å². The molecule has 0 saturated heterocycles. The van der Waals surface area contributed by atoms with Crippen molar-refractivity contribution >= 4 is 23.4 Å². The number of imidazole rings is 1. The molecule has 0 atom stereocenters. The van der Waals surface area contributed by atoms with Crippen molar-refractivity contribution in [2.75, 3.05) is 11.1 Å². The Hall–Kier alpha value is -2.53. The molecule has 0 saturated carbocycles. The van der Waals surface area contributed by atoms with Crippen LogP contribution in [0, 0.1) is 20.8 Å². The summed E-state index contributed by atoms with van der Waals surface area (Å²) in [6, 6.07) is 14.4. The third-order valence-electron chi connectivity index (χ3n) is 4.59. The fraction of sp³-hybridized carbons (Fsp3) is 0.273. The van der Waals surface area contributed by atoms with E-state index < -0.39 is 0 Å². The fourth-order valence-corrected chi connectivity index (χ4v) is 3.70. The zero-order chi connectivity index (χ0) is 19.2. The van der Waals surface area contributed by atoms with Gasteiger partial charge in [0, 0.05) is 41.7 Å². The van der Waals surface area contributed by atoms with Gasteiger partial charge in [-0.2, -0.15) is 0 Å². The highest BCUT2D eigenvalue weighted by molar-refractivity contribution is 7.99. The van der Waals surface area contributed by atoms with E-state index in [-0.39, 0.29) is 5.91 Å². The second kappa shape index (κ2) is 8.91. The van der Waals surface area contributed by atoms with Crippen LogP contribution >= 0.6 is 11.8 Å². The number of nitrogens with one attached hydrogen (secondary N) is 1. The lowest BCUT2D eigenvalue weighted by Crippen LogP contribution is -2.12. The predicted octanol–water partition coefficient (Wildman–Crippen LogP) is 4.98. The molecule has 0 radical (unpaired) electrons. The minimum Gasteiger partial charge on any atom is -0.331 e. The summed E-state index contributed by atoms with van der Waals surface area (Å²) < 4.78 is 2.09. The minimum absolute atomic E-state index is 0.0459. The van der Waals surface area contributed by atoms with Gasteiger partial charge < -0.3 is 9.88 Å². The quantitative estimate of drug-likeness (QED) is 0.589. The molecule has 140 valence electrons. The lowest BCUT2D eigenvalue weighted by Gasteiger charge is -2.08. The van der Waals surface area contributed by atoms with Gasteiger partial charge in [0.25, 0.3) is 0 Å². The second-order valence-corrected chi connectivity index (χ2v) is 7.86. The Kier molecular flexibility index (Phi) is 6.35. The first-order valence-corrected chi connectivity index (χ1v) is 10.1. The molecule has 3 rings (SSSR count). The Morgan fingerprint density at radius 1 is 1.07 bits per heavy atom. The van der Waals surface area contributed by atoms with Crippen LogP contribution in [0.5, 0.6) is 0 Å². The summed E-state index contributed by atoms with van der Waals surface area (Å²) in [4.78, 5) is 17.6. The number of aromatic nitrogens is 2. The number of hydrogen-bond donors (Lipinski definition) is 1. The van der Waals surface area contributed by atoms with E-state index in [2.05, 4.69) is 46.9 Å². The normalized spacial score (nSPS) is 10.8. The fourth-order valence-electron chi connectivity index (χ4n) is 2.75. The summed E-state index contributed by atoms with van der Waals surface area (Å²) in [6.45, 7) is 7.00. The van der Waals surface area contributed by atoms with Gasteiger partial charge in [-0.25, -0.2) is 4.98 Å². The number of rotatable bonds is 7. The van der Waals surface area contributed by atoms with Crippen molar-refractivity contribution in [2.45, 2.75) is 38.6 Å². The summed E-state index contributed by atoms with van der Waals surface area (Å²) in [7, 11) is 0. The maximum atomic E-state index is 12.2. The van der Waals surface area contributed by atoms with Crippen LogP contribution < -0.4 is 5.32 Å². The molecule has 0 aliphatic heterocycles. The molecular formula is C22H25N3OS. The second-order valence-electron chi connectivity index (χ2n) is 6.69. The van der Waals surface area contributed by atoms with Crippen LogP contribution in [-0.2, 0) is 11.3 Å². The maximum absolute atomic E-state index is 12.2. The molecule has 1 N–H and O–H groups in total. The highest BCUT2D eigenvalue weighted by atomic mass is 32.2. The van der Waals surface area contributed by atoms with Gasteiger partial charge in [-0.05, 0) is 61.7 Å². The number of carbonyl (C=O) groups is 1. The Morgan fingerprint density at radius 2 is 1.85 bits per heavy atom. The molecule has 2 aromatic carbocycles. The maximum Gasteiger partial charge on any atom is 0.225 e. The van der Waals surface area contributed by atoms with Gasteiger partial charge in [0.2, 0.25) is 5.91 Å². The summed E-state index contributed by atoms with van der Waals surface area (Å²) in [5.41, 5.74) is 4.60. The first kappa shape index (κ1) is 19.2. The van der Waals surface area contributed by atoms with Crippen LogP contribution in [0.25, 0.3) is 0 Å². The molecule has 27 heavy (non-hydrogen) atoms. The number of hydrogen-bond acceptors (Lipinski definition) is 3. The molecule has 0 spiro atoms. The highest BCUT2D eigenvalue weighted by Gasteiger charge is 2.05. The lowest BCUT2D eigenvalue weighted by molar-refractivity contribution is -0.115. The van der Waals surface area contributed by atoms with Crippen LogP contribution in [0.15, 0.2) is 59.8 Å². The van der Waals surface area contributed by atoms with Gasteiger partial charge in [0.15, 0.2) is 0 Å². The Labute approximate surface area is 165 Å². The first-order chi connectivity index (χ1) is 13.0. The number of anilines is 1. The average Bonchev–Trinajstić information content (AvgIpc) is 3.04. The molecular weight excluding hydrogens is 354 g/mol. The molecule has 3 aromatic rings. The van der Waals surface area contributed by atoms with Gasteiger partial charge >= 0.3 is 0 Å². The van der Waals surface area contributed by atoms with Crippen molar-refractivity contribution in [2.24, 2.45) is 0 Å². The van der Waals surface area contributed by atoms with Crippen LogP contribution in [0.3, 0.4) is 0 Å². The molecule has 4 nitrogen and oxygen atoms in total. The van der Waals surface area contributed by atoms with Crippen molar-refractivity contribution in [1.82, 2.24) is 9.55 Å². The predicted molar refractivity (Wildman–Crippen MR) is 112 cm³/mol. The van der Waals surface area contributed by atoms with Gasteiger partial charge in [-0.3, -0.25) is 4.79 Å². The van der Waals surface area contributed by atoms with E-state index in [9.17, 15) is 4.79 Å². The molecule has 5 heteroatoms. The van der Waals surface area contributed by atoms with Crippen molar-refractivity contribution in [3.05, 3.63) is 77.4 Å². The third kappa shape index (κ3) is 5.47. The molecule has 1 heterocycles. The Morgan fingerprint density at radius 3 is 2.52 bits per heavy atom. The molecule has 0 aliphatic rings. The average molecular weight is 380 g/mol. The Balaban J connectivity index is 1.46. The molecule has 1 amide bonds. The molecule has 0 unspecified atom stereocenters. The first-order valence-electron chi connectivity index (χ1n) is 9.08. The van der Waals surface area contributed by atoms with Crippen LogP contribution in [0.1, 0.15) is 28.9 Å². The topological polar surface area (TPSA) is 46.9 Å². The van der Waals surface area contributed by atoms with E-state index >= 15 is 0 Å². The molecule has 0 bridgehead atoms. The van der Waals surface area contributed by atoms with Crippen LogP contribution in [0.2, 0.25) is 0 Å². The van der Waals surface area contributed by atoms with E-state index in [1.165, 1.54) is 21.6 Å². The van der Waals surface area contributed by atoms with Crippen molar-refractivity contribution in [3.63, 3.8) is 0 Å².